The van der Waals surface area contributed by atoms with Crippen molar-refractivity contribution in [3.05, 3.63) is 60.2 Å². The van der Waals surface area contributed by atoms with E-state index in [2.05, 4.69) is 15.3 Å². The minimum absolute atomic E-state index is 0.0792. The first-order valence-electron chi connectivity index (χ1n) is 6.87. The Hall–Kier alpha value is -2.23. The number of hydrogen-bond donors (Lipinski definition) is 1. The molecule has 0 unspecified atom stereocenters. The summed E-state index contributed by atoms with van der Waals surface area (Å²) < 4.78 is 0. The summed E-state index contributed by atoms with van der Waals surface area (Å²) in [6.07, 6.45) is 6.59. The lowest BCUT2D eigenvalue weighted by molar-refractivity contribution is -0.122. The van der Waals surface area contributed by atoms with Crippen molar-refractivity contribution in [2.75, 3.05) is 6.54 Å². The number of benzene rings is 1. The average Bonchev–Trinajstić information content (AvgIpc) is 2.50. The van der Waals surface area contributed by atoms with Crippen molar-refractivity contribution in [2.24, 2.45) is 0 Å². The molecule has 1 N–H and O–H groups in total. The zero-order valence-corrected chi connectivity index (χ0v) is 11.6. The van der Waals surface area contributed by atoms with Crippen LogP contribution in [0.2, 0.25) is 0 Å². The molecule has 0 aliphatic carbocycles. The monoisotopic (exact) mass is 269 g/mol. The maximum absolute atomic E-state index is 12.2. The molecule has 0 saturated heterocycles. The Bertz CT molecular complexity index is 528. The van der Waals surface area contributed by atoms with Gasteiger partial charge in [0, 0.05) is 18.9 Å². The highest BCUT2D eigenvalue weighted by molar-refractivity contribution is 5.83. The van der Waals surface area contributed by atoms with Crippen molar-refractivity contribution in [2.45, 2.75) is 25.7 Å². The average molecular weight is 269 g/mol. The molecule has 0 radical (unpaired) electrons. The van der Waals surface area contributed by atoms with E-state index in [-0.39, 0.29) is 11.8 Å². The summed E-state index contributed by atoms with van der Waals surface area (Å²) in [4.78, 5) is 20.1. The second-order valence-electron chi connectivity index (χ2n) is 4.66. The molecule has 2 rings (SSSR count). The van der Waals surface area contributed by atoms with Gasteiger partial charge in [0.1, 0.15) is 6.33 Å². The van der Waals surface area contributed by atoms with Gasteiger partial charge in [0.25, 0.3) is 0 Å². The van der Waals surface area contributed by atoms with Crippen LogP contribution in [0.15, 0.2) is 49.1 Å². The molecular weight excluding hydrogens is 250 g/mol. The molecular formula is C16H19N3O. The molecule has 0 saturated carbocycles. The second-order valence-corrected chi connectivity index (χ2v) is 4.66. The van der Waals surface area contributed by atoms with Crippen LogP contribution in [0.3, 0.4) is 0 Å². The van der Waals surface area contributed by atoms with Gasteiger partial charge in [-0.05, 0) is 24.0 Å². The fraction of sp³-hybridized carbons (Fsp3) is 0.312. The van der Waals surface area contributed by atoms with Crippen LogP contribution in [0, 0.1) is 0 Å². The van der Waals surface area contributed by atoms with Crippen molar-refractivity contribution in [1.29, 1.82) is 0 Å². The highest BCUT2D eigenvalue weighted by Crippen LogP contribution is 2.19. The summed E-state index contributed by atoms with van der Waals surface area (Å²) in [7, 11) is 0. The third kappa shape index (κ3) is 3.88. The Labute approximate surface area is 119 Å². The SMILES string of the molecule is CC[C@H](C(=O)NCCc1cncnc1)c1ccccc1. The summed E-state index contributed by atoms with van der Waals surface area (Å²) in [5.74, 6) is -0.00114. The molecule has 2 aromatic rings. The highest BCUT2D eigenvalue weighted by atomic mass is 16.1. The third-order valence-electron chi connectivity index (χ3n) is 3.25. The second kappa shape index (κ2) is 7.38. The van der Waals surface area contributed by atoms with Gasteiger partial charge in [0.15, 0.2) is 0 Å². The third-order valence-corrected chi connectivity index (χ3v) is 3.25. The van der Waals surface area contributed by atoms with Crippen LogP contribution in [-0.4, -0.2) is 22.4 Å². The van der Waals surface area contributed by atoms with Gasteiger partial charge in [-0.3, -0.25) is 4.79 Å². The topological polar surface area (TPSA) is 54.9 Å². The lowest BCUT2D eigenvalue weighted by atomic mass is 9.95. The lowest BCUT2D eigenvalue weighted by Gasteiger charge is -2.15. The maximum atomic E-state index is 12.2. The molecule has 0 bridgehead atoms. The zero-order chi connectivity index (χ0) is 14.2. The molecule has 0 fully saturated rings. The van der Waals surface area contributed by atoms with Crippen LogP contribution < -0.4 is 5.32 Å². The van der Waals surface area contributed by atoms with Crippen molar-refractivity contribution in [3.63, 3.8) is 0 Å². The van der Waals surface area contributed by atoms with Crippen LogP contribution >= 0.6 is 0 Å². The van der Waals surface area contributed by atoms with E-state index in [0.29, 0.717) is 6.54 Å². The fourth-order valence-corrected chi connectivity index (χ4v) is 2.17. The number of hydrogen-bond acceptors (Lipinski definition) is 3. The first-order valence-corrected chi connectivity index (χ1v) is 6.87. The van der Waals surface area contributed by atoms with E-state index < -0.39 is 0 Å². The first kappa shape index (κ1) is 14.2. The van der Waals surface area contributed by atoms with E-state index in [0.717, 1.165) is 24.0 Å². The van der Waals surface area contributed by atoms with Gasteiger partial charge in [-0.1, -0.05) is 37.3 Å². The molecule has 0 spiro atoms. The molecule has 4 nitrogen and oxygen atoms in total. The number of rotatable bonds is 6. The quantitative estimate of drug-likeness (QED) is 0.875. The first-order chi connectivity index (χ1) is 9.81. The predicted molar refractivity (Wildman–Crippen MR) is 78.2 cm³/mol. The molecule has 1 amide bonds. The van der Waals surface area contributed by atoms with Crippen LogP contribution in [0.25, 0.3) is 0 Å². The molecule has 1 heterocycles. The van der Waals surface area contributed by atoms with Gasteiger partial charge < -0.3 is 5.32 Å². The number of nitrogens with zero attached hydrogens (tertiary/aromatic N) is 2. The molecule has 20 heavy (non-hydrogen) atoms. The van der Waals surface area contributed by atoms with Crippen molar-refractivity contribution < 1.29 is 4.79 Å². The number of carbonyl (C=O) groups excluding carboxylic acids is 1. The summed E-state index contributed by atoms with van der Waals surface area (Å²) in [5.41, 5.74) is 2.09. The van der Waals surface area contributed by atoms with E-state index in [4.69, 9.17) is 0 Å². The van der Waals surface area contributed by atoms with Crippen LogP contribution in [0.1, 0.15) is 30.4 Å². The summed E-state index contributed by atoms with van der Waals surface area (Å²) in [5, 5.41) is 2.99. The Balaban J connectivity index is 1.87. The maximum Gasteiger partial charge on any atom is 0.227 e. The highest BCUT2D eigenvalue weighted by Gasteiger charge is 2.17. The number of aromatic nitrogens is 2. The smallest absolute Gasteiger partial charge is 0.227 e. The molecule has 4 heteroatoms. The van der Waals surface area contributed by atoms with E-state index >= 15 is 0 Å². The molecule has 0 aliphatic rings. The van der Waals surface area contributed by atoms with Crippen LogP contribution in [-0.2, 0) is 11.2 Å². The Morgan fingerprint density at radius 1 is 1.20 bits per heavy atom. The molecule has 1 aromatic heterocycles. The Kier molecular flexibility index (Phi) is 5.24. The lowest BCUT2D eigenvalue weighted by Crippen LogP contribution is -2.30. The molecule has 0 aliphatic heterocycles. The van der Waals surface area contributed by atoms with E-state index in [1.54, 1.807) is 12.4 Å². The van der Waals surface area contributed by atoms with Crippen molar-refractivity contribution >= 4 is 5.91 Å². The van der Waals surface area contributed by atoms with E-state index in [9.17, 15) is 4.79 Å². The minimum atomic E-state index is -0.0803. The van der Waals surface area contributed by atoms with Crippen LogP contribution in [0.5, 0.6) is 0 Å². The van der Waals surface area contributed by atoms with Crippen LogP contribution in [0.4, 0.5) is 0 Å². The Morgan fingerprint density at radius 2 is 1.90 bits per heavy atom. The summed E-state index contributed by atoms with van der Waals surface area (Å²) in [6.45, 7) is 2.64. The predicted octanol–water partition coefficient (Wildman–Crippen LogP) is 2.33. The van der Waals surface area contributed by atoms with Gasteiger partial charge in [-0.25, -0.2) is 9.97 Å². The summed E-state index contributed by atoms with van der Waals surface area (Å²) in [6, 6.07) is 9.89. The van der Waals surface area contributed by atoms with E-state index in [1.165, 1.54) is 6.33 Å². The van der Waals surface area contributed by atoms with Gasteiger partial charge in [0.2, 0.25) is 5.91 Å². The Morgan fingerprint density at radius 3 is 2.55 bits per heavy atom. The number of nitrogens with one attached hydrogen (secondary N) is 1. The summed E-state index contributed by atoms with van der Waals surface area (Å²) >= 11 is 0. The van der Waals surface area contributed by atoms with Crippen molar-refractivity contribution in [3.8, 4) is 0 Å². The minimum Gasteiger partial charge on any atom is -0.355 e. The molecule has 1 atom stereocenters. The largest absolute Gasteiger partial charge is 0.355 e. The fourth-order valence-electron chi connectivity index (χ4n) is 2.17. The normalized spacial score (nSPS) is 11.8. The zero-order valence-electron chi connectivity index (χ0n) is 11.6. The number of carbonyl (C=O) groups is 1. The van der Waals surface area contributed by atoms with Gasteiger partial charge in [-0.2, -0.15) is 0 Å². The molecule has 1 aromatic carbocycles. The standard InChI is InChI=1S/C16H19N3O/c1-2-15(14-6-4-3-5-7-14)16(20)19-9-8-13-10-17-12-18-11-13/h3-7,10-12,15H,2,8-9H2,1H3,(H,19,20)/t15-/m0/s1. The van der Waals surface area contributed by atoms with Gasteiger partial charge in [0.05, 0.1) is 5.92 Å². The number of amides is 1. The van der Waals surface area contributed by atoms with Crippen molar-refractivity contribution in [1.82, 2.24) is 15.3 Å². The van der Waals surface area contributed by atoms with E-state index in [1.807, 2.05) is 37.3 Å². The van der Waals surface area contributed by atoms with Gasteiger partial charge >= 0.3 is 0 Å². The molecule has 104 valence electrons. The van der Waals surface area contributed by atoms with Gasteiger partial charge in [-0.15, -0.1) is 0 Å².